The van der Waals surface area contributed by atoms with Crippen LogP contribution < -0.4 is 5.32 Å². The highest BCUT2D eigenvalue weighted by Crippen LogP contribution is 2.40. The summed E-state index contributed by atoms with van der Waals surface area (Å²) in [6.45, 7) is -0.449. The summed E-state index contributed by atoms with van der Waals surface area (Å²) in [6, 6.07) is 9.50. The van der Waals surface area contributed by atoms with Crippen LogP contribution in [-0.2, 0) is 16.8 Å². The molecule has 0 radical (unpaired) electrons. The number of hydrogen-bond donors (Lipinski definition) is 2. The maximum absolute atomic E-state index is 13.9. The Morgan fingerprint density at radius 1 is 1.19 bits per heavy atom. The van der Waals surface area contributed by atoms with Crippen molar-refractivity contribution < 1.29 is 23.5 Å². The van der Waals surface area contributed by atoms with Crippen LogP contribution in [0.1, 0.15) is 35.6 Å². The highest BCUT2D eigenvalue weighted by atomic mass is 19.1. The molecular weight excluding hydrogens is 354 g/mol. The van der Waals surface area contributed by atoms with E-state index in [-0.39, 0.29) is 5.56 Å². The van der Waals surface area contributed by atoms with Gasteiger partial charge in [-0.05, 0) is 48.6 Å². The van der Waals surface area contributed by atoms with E-state index in [9.17, 15) is 23.5 Å². The number of aliphatic hydroxyl groups is 1. The maximum atomic E-state index is 13.9. The van der Waals surface area contributed by atoms with Crippen molar-refractivity contribution in [2.24, 2.45) is 0 Å². The molecule has 4 rings (SSSR count). The van der Waals surface area contributed by atoms with Gasteiger partial charge in [0.15, 0.2) is 0 Å². The average molecular weight is 372 g/mol. The Kier molecular flexibility index (Phi) is 4.19. The summed E-state index contributed by atoms with van der Waals surface area (Å²) in [4.78, 5) is 26.5. The zero-order valence-electron chi connectivity index (χ0n) is 14.4. The Morgan fingerprint density at radius 2 is 1.96 bits per heavy atom. The molecule has 140 valence electrons. The van der Waals surface area contributed by atoms with Crippen LogP contribution in [0.4, 0.5) is 13.6 Å². The minimum atomic E-state index is -1.52. The van der Waals surface area contributed by atoms with Gasteiger partial charge in [0.2, 0.25) is 0 Å². The van der Waals surface area contributed by atoms with E-state index in [1.165, 1.54) is 0 Å². The quantitative estimate of drug-likeness (QED) is 0.814. The number of β-amino-alcohol motifs (C(OH)–C–C–N with tert-alkyl or cyclic N) is 1. The van der Waals surface area contributed by atoms with Gasteiger partial charge in [0, 0.05) is 5.56 Å². The van der Waals surface area contributed by atoms with Gasteiger partial charge < -0.3 is 10.4 Å². The highest BCUT2D eigenvalue weighted by Gasteiger charge is 2.54. The molecule has 2 aromatic carbocycles. The zero-order chi connectivity index (χ0) is 19.2. The first kappa shape index (κ1) is 17.6. The number of nitrogens with zero attached hydrogens (tertiary/aromatic N) is 1. The van der Waals surface area contributed by atoms with E-state index >= 15 is 0 Å². The van der Waals surface area contributed by atoms with Gasteiger partial charge in [-0.2, -0.15) is 0 Å². The number of benzene rings is 2. The Hall–Kier alpha value is -2.80. The lowest BCUT2D eigenvalue weighted by Crippen LogP contribution is -2.46. The number of rotatable bonds is 3. The van der Waals surface area contributed by atoms with E-state index in [0.29, 0.717) is 6.42 Å². The minimum Gasteiger partial charge on any atom is -0.386 e. The van der Waals surface area contributed by atoms with Crippen LogP contribution in [0.25, 0.3) is 0 Å². The molecule has 0 bridgehead atoms. The first-order valence-corrected chi connectivity index (χ1v) is 8.78. The molecule has 1 saturated heterocycles. The van der Waals surface area contributed by atoms with Gasteiger partial charge in [-0.1, -0.05) is 24.3 Å². The van der Waals surface area contributed by atoms with Gasteiger partial charge in [0.05, 0.1) is 6.54 Å². The Morgan fingerprint density at radius 3 is 2.78 bits per heavy atom. The van der Waals surface area contributed by atoms with Crippen LogP contribution in [0.3, 0.4) is 0 Å². The molecule has 2 N–H and O–H groups in total. The number of urea groups is 1. The molecule has 2 aliphatic rings. The SMILES string of the molecule is O=C1N[C@]2(CCCc3ccccc32)C(=O)N1C[C@H](O)c1cc(F)ccc1F. The van der Waals surface area contributed by atoms with Crippen LogP contribution in [-0.4, -0.2) is 28.5 Å². The van der Waals surface area contributed by atoms with Crippen molar-refractivity contribution in [3.05, 3.63) is 70.8 Å². The third-order valence-electron chi connectivity index (χ3n) is 5.32. The first-order valence-electron chi connectivity index (χ1n) is 8.78. The Bertz CT molecular complexity index is 933. The number of hydrogen-bond acceptors (Lipinski definition) is 3. The molecule has 2 aromatic rings. The Balaban J connectivity index is 1.64. The fraction of sp³-hybridized carbons (Fsp3) is 0.300. The van der Waals surface area contributed by atoms with E-state index in [1.54, 1.807) is 0 Å². The zero-order valence-corrected chi connectivity index (χ0v) is 14.4. The molecule has 0 saturated carbocycles. The molecule has 27 heavy (non-hydrogen) atoms. The van der Waals surface area contributed by atoms with E-state index in [1.807, 2.05) is 24.3 Å². The molecule has 1 aliphatic heterocycles. The topological polar surface area (TPSA) is 69.6 Å². The largest absolute Gasteiger partial charge is 0.386 e. The molecule has 0 aromatic heterocycles. The summed E-state index contributed by atoms with van der Waals surface area (Å²) in [5.41, 5.74) is 0.298. The van der Waals surface area contributed by atoms with Crippen molar-refractivity contribution in [2.75, 3.05) is 6.54 Å². The standard InChI is InChI=1S/C20H18F2N2O3/c21-13-7-8-16(22)14(10-13)17(25)11-24-18(26)20(23-19(24)27)9-3-5-12-4-1-2-6-15(12)20/h1-2,4,6-8,10,17,25H,3,5,9,11H2,(H,23,27)/t17-,20-/m0/s1. The number of carbonyl (C=O) groups is 2. The molecule has 0 unspecified atom stereocenters. The van der Waals surface area contributed by atoms with Gasteiger partial charge in [0.25, 0.3) is 5.91 Å². The number of amides is 3. The predicted octanol–water partition coefficient (Wildman–Crippen LogP) is 2.78. The second-order valence-electron chi connectivity index (χ2n) is 6.94. The lowest BCUT2D eigenvalue weighted by molar-refractivity contribution is -0.133. The van der Waals surface area contributed by atoms with E-state index in [2.05, 4.69) is 5.32 Å². The van der Waals surface area contributed by atoms with Gasteiger partial charge in [-0.15, -0.1) is 0 Å². The molecule has 7 heteroatoms. The van der Waals surface area contributed by atoms with Crippen molar-refractivity contribution in [1.29, 1.82) is 0 Å². The molecule has 1 spiro atoms. The van der Waals surface area contributed by atoms with Crippen LogP contribution in [0.2, 0.25) is 0 Å². The smallest absolute Gasteiger partial charge is 0.325 e. The molecular formula is C20H18F2N2O3. The second-order valence-corrected chi connectivity index (χ2v) is 6.94. The minimum absolute atomic E-state index is 0.291. The number of aryl methyl sites for hydroxylation is 1. The van der Waals surface area contributed by atoms with Crippen LogP contribution in [0.15, 0.2) is 42.5 Å². The van der Waals surface area contributed by atoms with Crippen molar-refractivity contribution in [2.45, 2.75) is 30.9 Å². The monoisotopic (exact) mass is 372 g/mol. The summed E-state index contributed by atoms with van der Waals surface area (Å²) in [5, 5.41) is 13.1. The molecule has 5 nitrogen and oxygen atoms in total. The highest BCUT2D eigenvalue weighted by molar-refractivity contribution is 6.07. The third-order valence-corrected chi connectivity index (χ3v) is 5.32. The van der Waals surface area contributed by atoms with Gasteiger partial charge in [0.1, 0.15) is 23.3 Å². The first-order chi connectivity index (χ1) is 12.9. The fourth-order valence-electron chi connectivity index (χ4n) is 4.02. The molecule has 2 atom stereocenters. The molecule has 1 heterocycles. The van der Waals surface area contributed by atoms with E-state index < -0.39 is 41.8 Å². The van der Waals surface area contributed by atoms with Crippen molar-refractivity contribution in [3.8, 4) is 0 Å². The van der Waals surface area contributed by atoms with Crippen molar-refractivity contribution in [3.63, 3.8) is 0 Å². The lowest BCUT2D eigenvalue weighted by atomic mass is 9.76. The Labute approximate surface area is 154 Å². The van der Waals surface area contributed by atoms with Crippen molar-refractivity contribution in [1.82, 2.24) is 10.2 Å². The van der Waals surface area contributed by atoms with Gasteiger partial charge in [-0.3, -0.25) is 9.69 Å². The van der Waals surface area contributed by atoms with Crippen LogP contribution >= 0.6 is 0 Å². The summed E-state index contributed by atoms with van der Waals surface area (Å²) >= 11 is 0. The number of fused-ring (bicyclic) bond motifs is 2. The van der Waals surface area contributed by atoms with E-state index in [0.717, 1.165) is 47.1 Å². The normalized spacial score (nSPS) is 22.7. The number of aliphatic hydroxyl groups excluding tert-OH is 1. The summed E-state index contributed by atoms with van der Waals surface area (Å²) in [5.74, 6) is -1.98. The molecule has 1 fully saturated rings. The second kappa shape index (κ2) is 6.42. The lowest BCUT2D eigenvalue weighted by Gasteiger charge is -2.33. The van der Waals surface area contributed by atoms with E-state index in [4.69, 9.17) is 0 Å². The third kappa shape index (κ3) is 2.78. The van der Waals surface area contributed by atoms with Crippen LogP contribution in [0.5, 0.6) is 0 Å². The summed E-state index contributed by atoms with van der Waals surface area (Å²) < 4.78 is 27.3. The number of imide groups is 1. The number of nitrogens with one attached hydrogen (secondary N) is 1. The van der Waals surface area contributed by atoms with Gasteiger partial charge in [-0.25, -0.2) is 13.6 Å². The average Bonchev–Trinajstić information content (AvgIpc) is 2.89. The summed E-state index contributed by atoms with van der Waals surface area (Å²) in [6.07, 6.45) is 0.482. The van der Waals surface area contributed by atoms with Gasteiger partial charge >= 0.3 is 6.03 Å². The van der Waals surface area contributed by atoms with Crippen LogP contribution in [0, 0.1) is 11.6 Å². The molecule has 1 aliphatic carbocycles. The number of halogens is 2. The molecule has 3 amide bonds. The maximum Gasteiger partial charge on any atom is 0.325 e. The number of carbonyl (C=O) groups excluding carboxylic acids is 2. The summed E-state index contributed by atoms with van der Waals surface area (Å²) in [7, 11) is 0. The van der Waals surface area contributed by atoms with Crippen molar-refractivity contribution >= 4 is 11.9 Å². The predicted molar refractivity (Wildman–Crippen MR) is 92.6 cm³/mol. The fourth-order valence-corrected chi connectivity index (χ4v) is 4.02.